The molecule has 0 aliphatic carbocycles. The zero-order valence-corrected chi connectivity index (χ0v) is 14.8. The van der Waals surface area contributed by atoms with E-state index < -0.39 is 5.82 Å². The number of likely N-dealkylation sites (tertiary alicyclic amines) is 1. The Labute approximate surface area is 150 Å². The van der Waals surface area contributed by atoms with E-state index in [1.54, 1.807) is 0 Å². The van der Waals surface area contributed by atoms with Crippen molar-refractivity contribution in [2.24, 2.45) is 0 Å². The molecule has 1 saturated heterocycles. The summed E-state index contributed by atoms with van der Waals surface area (Å²) in [7, 11) is 0. The number of halogens is 2. The number of hydrogen-bond acceptors (Lipinski definition) is 4. The molecule has 0 saturated carbocycles. The predicted molar refractivity (Wildman–Crippen MR) is 91.2 cm³/mol. The lowest BCUT2D eigenvalue weighted by Gasteiger charge is -2.23. The summed E-state index contributed by atoms with van der Waals surface area (Å²) >= 11 is 5.91. The summed E-state index contributed by atoms with van der Waals surface area (Å²) in [6.45, 7) is 2.89. The van der Waals surface area contributed by atoms with E-state index in [0.29, 0.717) is 5.75 Å². The normalized spacial score (nSPS) is 17.1. The Balaban J connectivity index is 1.63. The van der Waals surface area contributed by atoms with Crippen LogP contribution < -0.4 is 4.74 Å². The van der Waals surface area contributed by atoms with Crippen molar-refractivity contribution < 1.29 is 18.3 Å². The fourth-order valence-electron chi connectivity index (χ4n) is 3.09. The van der Waals surface area contributed by atoms with Gasteiger partial charge >= 0.3 is 0 Å². The van der Waals surface area contributed by atoms with Crippen LogP contribution in [0, 0.1) is 5.82 Å². The van der Waals surface area contributed by atoms with E-state index in [0.717, 1.165) is 32.2 Å². The van der Waals surface area contributed by atoms with Gasteiger partial charge < -0.3 is 14.1 Å². The monoisotopic (exact) mass is 366 g/mol. The van der Waals surface area contributed by atoms with Gasteiger partial charge in [0.25, 0.3) is 5.91 Å². The van der Waals surface area contributed by atoms with E-state index in [1.165, 1.54) is 24.5 Å². The van der Waals surface area contributed by atoms with Gasteiger partial charge in [0.05, 0.1) is 5.02 Å². The molecule has 1 aliphatic rings. The third kappa shape index (κ3) is 4.12. The number of benzene rings is 1. The molecular weight excluding hydrogens is 347 g/mol. The van der Waals surface area contributed by atoms with Crippen molar-refractivity contribution >= 4 is 17.5 Å². The Hall–Kier alpha value is -2.08. The number of amides is 1. The third-order valence-corrected chi connectivity index (χ3v) is 4.57. The maximum Gasteiger partial charge on any atom is 0.276 e. The van der Waals surface area contributed by atoms with Crippen LogP contribution in [-0.4, -0.2) is 28.4 Å². The van der Waals surface area contributed by atoms with E-state index in [2.05, 4.69) is 11.9 Å². The highest BCUT2D eigenvalue weighted by Gasteiger charge is 2.30. The smallest absolute Gasteiger partial charge is 0.276 e. The maximum absolute atomic E-state index is 13.0. The summed E-state index contributed by atoms with van der Waals surface area (Å²) in [5.74, 6) is 0.0612. The van der Waals surface area contributed by atoms with Gasteiger partial charge in [-0.2, -0.15) is 0 Å². The number of carbonyl (C=O) groups is 1. The Morgan fingerprint density at radius 2 is 2.36 bits per heavy atom. The van der Waals surface area contributed by atoms with E-state index >= 15 is 0 Å². The standard InChI is InChI=1S/C18H20ClFN2O3/c1-2-4-13-5-3-8-22(13)18(23)15-10-25-17(21-15)11-24-16-7-6-12(20)9-14(16)19/h6-7,9-10,13H,2-5,8,11H2,1H3. The summed E-state index contributed by atoms with van der Waals surface area (Å²) in [6, 6.07) is 4.15. The van der Waals surface area contributed by atoms with Gasteiger partial charge in [0.15, 0.2) is 12.3 Å². The predicted octanol–water partition coefficient (Wildman–Crippen LogP) is 4.45. The Kier molecular flexibility index (Phi) is 5.58. The van der Waals surface area contributed by atoms with Crippen molar-refractivity contribution in [1.29, 1.82) is 0 Å². The number of hydrogen-bond donors (Lipinski definition) is 0. The maximum atomic E-state index is 13.0. The first-order valence-corrected chi connectivity index (χ1v) is 8.79. The molecule has 0 bridgehead atoms. The van der Waals surface area contributed by atoms with E-state index in [9.17, 15) is 9.18 Å². The van der Waals surface area contributed by atoms with Crippen molar-refractivity contribution in [3.05, 3.63) is 46.9 Å². The minimum Gasteiger partial charge on any atom is -0.482 e. The van der Waals surface area contributed by atoms with Crippen LogP contribution in [0.3, 0.4) is 0 Å². The molecule has 1 atom stereocenters. The largest absolute Gasteiger partial charge is 0.482 e. The molecule has 0 N–H and O–H groups in total. The van der Waals surface area contributed by atoms with Crippen molar-refractivity contribution in [3.63, 3.8) is 0 Å². The topological polar surface area (TPSA) is 55.6 Å². The molecule has 5 nitrogen and oxygen atoms in total. The molecule has 1 unspecified atom stereocenters. The average Bonchev–Trinajstić information content (AvgIpc) is 3.23. The van der Waals surface area contributed by atoms with E-state index in [1.807, 2.05) is 4.90 Å². The number of aromatic nitrogens is 1. The molecule has 1 aromatic heterocycles. The average molecular weight is 367 g/mol. The molecule has 0 spiro atoms. The first-order chi connectivity index (χ1) is 12.1. The second kappa shape index (κ2) is 7.87. The van der Waals surface area contributed by atoms with Crippen molar-refractivity contribution in [2.45, 2.75) is 45.3 Å². The summed E-state index contributed by atoms with van der Waals surface area (Å²) < 4.78 is 23.8. The van der Waals surface area contributed by atoms with Crippen molar-refractivity contribution in [2.75, 3.05) is 6.54 Å². The van der Waals surface area contributed by atoms with Crippen LogP contribution in [0.1, 0.15) is 49.0 Å². The lowest BCUT2D eigenvalue weighted by atomic mass is 10.1. The summed E-state index contributed by atoms with van der Waals surface area (Å²) in [5, 5.41) is 0.169. The first kappa shape index (κ1) is 17.7. The summed E-state index contributed by atoms with van der Waals surface area (Å²) in [6.07, 6.45) is 5.46. The minimum absolute atomic E-state index is 0.0109. The second-order valence-electron chi connectivity index (χ2n) is 6.07. The molecule has 0 radical (unpaired) electrons. The molecule has 2 heterocycles. The van der Waals surface area contributed by atoms with Gasteiger partial charge in [0.2, 0.25) is 5.89 Å². The SMILES string of the molecule is CCCC1CCCN1C(=O)c1coc(COc2ccc(F)cc2Cl)n1. The fourth-order valence-corrected chi connectivity index (χ4v) is 3.31. The summed E-state index contributed by atoms with van der Waals surface area (Å²) in [5.41, 5.74) is 0.284. The van der Waals surface area contributed by atoms with Crippen LogP contribution in [0.25, 0.3) is 0 Å². The van der Waals surface area contributed by atoms with Gasteiger partial charge in [0, 0.05) is 12.6 Å². The second-order valence-corrected chi connectivity index (χ2v) is 6.48. The highest BCUT2D eigenvalue weighted by molar-refractivity contribution is 6.32. The van der Waals surface area contributed by atoms with Gasteiger partial charge in [-0.3, -0.25) is 4.79 Å². The molecule has 1 aromatic carbocycles. The lowest BCUT2D eigenvalue weighted by Crippen LogP contribution is -2.35. The zero-order chi connectivity index (χ0) is 17.8. The number of ether oxygens (including phenoxy) is 1. The molecule has 134 valence electrons. The molecule has 7 heteroatoms. The van der Waals surface area contributed by atoms with Crippen LogP contribution in [0.2, 0.25) is 5.02 Å². The highest BCUT2D eigenvalue weighted by Crippen LogP contribution is 2.26. The Morgan fingerprint density at radius 3 is 3.12 bits per heavy atom. The van der Waals surface area contributed by atoms with Gasteiger partial charge in [0.1, 0.15) is 17.8 Å². The zero-order valence-electron chi connectivity index (χ0n) is 14.0. The molecular formula is C18H20ClFN2O3. The third-order valence-electron chi connectivity index (χ3n) is 4.28. The minimum atomic E-state index is -0.436. The molecule has 1 amide bonds. The number of carbonyl (C=O) groups excluding carboxylic acids is 1. The van der Waals surface area contributed by atoms with Crippen LogP contribution >= 0.6 is 11.6 Å². The quantitative estimate of drug-likeness (QED) is 0.757. The van der Waals surface area contributed by atoms with Crippen LogP contribution in [-0.2, 0) is 6.61 Å². The van der Waals surface area contributed by atoms with E-state index in [-0.39, 0.29) is 35.2 Å². The molecule has 1 fully saturated rings. The molecule has 25 heavy (non-hydrogen) atoms. The van der Waals surface area contributed by atoms with Crippen molar-refractivity contribution in [3.8, 4) is 5.75 Å². The first-order valence-electron chi connectivity index (χ1n) is 8.41. The van der Waals surface area contributed by atoms with Crippen molar-refractivity contribution in [1.82, 2.24) is 9.88 Å². The lowest BCUT2D eigenvalue weighted by molar-refractivity contribution is 0.0724. The van der Waals surface area contributed by atoms with Gasteiger partial charge in [-0.25, -0.2) is 9.37 Å². The molecule has 3 rings (SSSR count). The van der Waals surface area contributed by atoms with Crippen LogP contribution in [0.15, 0.2) is 28.9 Å². The van der Waals surface area contributed by atoms with Crippen LogP contribution in [0.5, 0.6) is 5.75 Å². The van der Waals surface area contributed by atoms with E-state index in [4.69, 9.17) is 20.8 Å². The summed E-state index contributed by atoms with van der Waals surface area (Å²) in [4.78, 5) is 18.7. The number of oxazole rings is 1. The Bertz CT molecular complexity index is 750. The highest BCUT2D eigenvalue weighted by atomic mass is 35.5. The van der Waals surface area contributed by atoms with Gasteiger partial charge in [-0.05, 0) is 37.5 Å². The number of nitrogens with zero attached hydrogens (tertiary/aromatic N) is 2. The molecule has 2 aromatic rings. The fraction of sp³-hybridized carbons (Fsp3) is 0.444. The van der Waals surface area contributed by atoms with Crippen LogP contribution in [0.4, 0.5) is 4.39 Å². The van der Waals surface area contributed by atoms with Gasteiger partial charge in [-0.1, -0.05) is 24.9 Å². The molecule has 1 aliphatic heterocycles. The Morgan fingerprint density at radius 1 is 1.52 bits per heavy atom. The van der Waals surface area contributed by atoms with Gasteiger partial charge in [-0.15, -0.1) is 0 Å². The number of rotatable bonds is 6.